The van der Waals surface area contributed by atoms with E-state index in [0.717, 1.165) is 5.56 Å². The Hall–Kier alpha value is -3.02. The standard InChI is InChI=1S/C18H19N3O3/c1-11(2)12-4-3-5-14(8-12)24-10-17(22)19-13-6-7-15-16(9-13)21-18(23)20-15/h3-9,11H,10H2,1-2H3,(H,19,22)(H2,20,21,23). The summed E-state index contributed by atoms with van der Waals surface area (Å²) in [5, 5.41) is 2.75. The van der Waals surface area contributed by atoms with Crippen molar-refractivity contribution in [2.45, 2.75) is 19.8 Å². The number of aromatic amines is 2. The minimum atomic E-state index is -0.276. The Morgan fingerprint density at radius 3 is 2.71 bits per heavy atom. The van der Waals surface area contributed by atoms with Crippen molar-refractivity contribution in [3.63, 3.8) is 0 Å². The van der Waals surface area contributed by atoms with Crippen LogP contribution in [-0.4, -0.2) is 22.5 Å². The molecule has 124 valence electrons. The van der Waals surface area contributed by atoms with Gasteiger partial charge in [0, 0.05) is 5.69 Å². The van der Waals surface area contributed by atoms with Crippen molar-refractivity contribution in [2.75, 3.05) is 11.9 Å². The molecule has 3 N–H and O–H groups in total. The van der Waals surface area contributed by atoms with E-state index < -0.39 is 0 Å². The number of hydrogen-bond donors (Lipinski definition) is 3. The molecule has 0 spiro atoms. The van der Waals surface area contributed by atoms with Crippen molar-refractivity contribution in [1.29, 1.82) is 0 Å². The number of aromatic nitrogens is 2. The topological polar surface area (TPSA) is 87.0 Å². The maximum Gasteiger partial charge on any atom is 0.323 e. The molecule has 1 amide bonds. The summed E-state index contributed by atoms with van der Waals surface area (Å²) >= 11 is 0. The lowest BCUT2D eigenvalue weighted by molar-refractivity contribution is -0.118. The molecule has 0 fully saturated rings. The van der Waals surface area contributed by atoms with Gasteiger partial charge in [-0.25, -0.2) is 4.79 Å². The summed E-state index contributed by atoms with van der Waals surface area (Å²) in [6.07, 6.45) is 0. The van der Waals surface area contributed by atoms with Crippen molar-refractivity contribution < 1.29 is 9.53 Å². The molecule has 0 aliphatic rings. The fraction of sp³-hybridized carbons (Fsp3) is 0.222. The normalized spacial score (nSPS) is 11.0. The SMILES string of the molecule is CC(C)c1cccc(OCC(=O)Nc2ccc3[nH]c(=O)[nH]c3c2)c1. The van der Waals surface area contributed by atoms with E-state index in [1.807, 2.05) is 24.3 Å². The number of amides is 1. The first kappa shape index (κ1) is 15.9. The van der Waals surface area contributed by atoms with Crippen molar-refractivity contribution >= 4 is 22.6 Å². The lowest BCUT2D eigenvalue weighted by Crippen LogP contribution is -2.20. The van der Waals surface area contributed by atoms with Crippen LogP contribution >= 0.6 is 0 Å². The van der Waals surface area contributed by atoms with Crippen LogP contribution in [0.1, 0.15) is 25.3 Å². The highest BCUT2D eigenvalue weighted by molar-refractivity contribution is 5.93. The number of imidazole rings is 1. The second kappa shape index (κ2) is 6.62. The number of hydrogen-bond acceptors (Lipinski definition) is 3. The van der Waals surface area contributed by atoms with Gasteiger partial charge in [0.1, 0.15) is 5.75 Å². The molecule has 24 heavy (non-hydrogen) atoms. The van der Waals surface area contributed by atoms with Gasteiger partial charge in [-0.2, -0.15) is 0 Å². The fourth-order valence-corrected chi connectivity index (χ4v) is 2.42. The average molecular weight is 325 g/mol. The van der Waals surface area contributed by atoms with E-state index in [1.54, 1.807) is 18.2 Å². The van der Waals surface area contributed by atoms with Crippen molar-refractivity contribution in [1.82, 2.24) is 9.97 Å². The molecule has 0 atom stereocenters. The zero-order valence-electron chi connectivity index (χ0n) is 13.6. The summed E-state index contributed by atoms with van der Waals surface area (Å²) in [5.41, 5.74) is 2.82. The van der Waals surface area contributed by atoms with E-state index in [2.05, 4.69) is 29.1 Å². The molecule has 2 aromatic carbocycles. The highest BCUT2D eigenvalue weighted by Gasteiger charge is 2.07. The van der Waals surface area contributed by atoms with Gasteiger partial charge in [0.2, 0.25) is 0 Å². The van der Waals surface area contributed by atoms with E-state index in [1.165, 1.54) is 0 Å². The lowest BCUT2D eigenvalue weighted by Gasteiger charge is -2.10. The summed E-state index contributed by atoms with van der Waals surface area (Å²) in [6, 6.07) is 12.9. The number of carbonyl (C=O) groups is 1. The fourth-order valence-electron chi connectivity index (χ4n) is 2.42. The zero-order chi connectivity index (χ0) is 17.1. The highest BCUT2D eigenvalue weighted by Crippen LogP contribution is 2.20. The van der Waals surface area contributed by atoms with E-state index >= 15 is 0 Å². The van der Waals surface area contributed by atoms with Gasteiger partial charge in [-0.15, -0.1) is 0 Å². The second-order valence-electron chi connectivity index (χ2n) is 5.90. The molecule has 0 saturated heterocycles. The van der Waals surface area contributed by atoms with Crippen LogP contribution < -0.4 is 15.7 Å². The van der Waals surface area contributed by atoms with Crippen LogP contribution in [0.25, 0.3) is 11.0 Å². The van der Waals surface area contributed by atoms with Gasteiger partial charge in [-0.3, -0.25) is 4.79 Å². The van der Waals surface area contributed by atoms with Gasteiger partial charge in [0.15, 0.2) is 6.61 Å². The number of ether oxygens (including phenoxy) is 1. The number of benzene rings is 2. The first-order valence-corrected chi connectivity index (χ1v) is 7.76. The molecule has 0 bridgehead atoms. The van der Waals surface area contributed by atoms with E-state index in [0.29, 0.717) is 28.4 Å². The van der Waals surface area contributed by atoms with Gasteiger partial charge in [0.25, 0.3) is 5.91 Å². The molecule has 1 aromatic heterocycles. The molecule has 6 heteroatoms. The Morgan fingerprint density at radius 2 is 1.92 bits per heavy atom. The van der Waals surface area contributed by atoms with Crippen LogP contribution in [0.5, 0.6) is 5.75 Å². The van der Waals surface area contributed by atoms with Gasteiger partial charge >= 0.3 is 5.69 Å². The van der Waals surface area contributed by atoms with Crippen LogP contribution in [0.4, 0.5) is 5.69 Å². The molecule has 0 saturated carbocycles. The maximum atomic E-state index is 12.0. The molecule has 6 nitrogen and oxygen atoms in total. The third-order valence-electron chi connectivity index (χ3n) is 3.69. The largest absolute Gasteiger partial charge is 0.484 e. The van der Waals surface area contributed by atoms with Crippen LogP contribution in [0.2, 0.25) is 0 Å². The average Bonchev–Trinajstić information content (AvgIpc) is 2.92. The molecular formula is C18H19N3O3. The molecule has 3 rings (SSSR count). The molecule has 3 aromatic rings. The number of carbonyl (C=O) groups excluding carboxylic acids is 1. The Kier molecular flexibility index (Phi) is 4.37. The van der Waals surface area contributed by atoms with E-state index in [4.69, 9.17) is 4.74 Å². The quantitative estimate of drug-likeness (QED) is 0.674. The minimum Gasteiger partial charge on any atom is -0.484 e. The molecule has 0 aliphatic carbocycles. The second-order valence-corrected chi connectivity index (χ2v) is 5.90. The Morgan fingerprint density at radius 1 is 1.12 bits per heavy atom. The summed E-state index contributed by atoms with van der Waals surface area (Å²) in [5.74, 6) is 0.807. The highest BCUT2D eigenvalue weighted by atomic mass is 16.5. The first-order valence-electron chi connectivity index (χ1n) is 7.76. The van der Waals surface area contributed by atoms with Gasteiger partial charge < -0.3 is 20.0 Å². The lowest BCUT2D eigenvalue weighted by atomic mass is 10.0. The smallest absolute Gasteiger partial charge is 0.323 e. The third-order valence-corrected chi connectivity index (χ3v) is 3.69. The molecule has 0 aliphatic heterocycles. The predicted octanol–water partition coefficient (Wildman–Crippen LogP) is 3.00. The number of rotatable bonds is 5. The molecule has 0 radical (unpaired) electrons. The zero-order valence-corrected chi connectivity index (χ0v) is 13.6. The van der Waals surface area contributed by atoms with Crippen LogP contribution in [0.15, 0.2) is 47.3 Å². The molecule has 1 heterocycles. The van der Waals surface area contributed by atoms with Gasteiger partial charge in [0.05, 0.1) is 11.0 Å². The first-order chi connectivity index (χ1) is 11.5. The number of fused-ring (bicyclic) bond motifs is 1. The van der Waals surface area contributed by atoms with Crippen molar-refractivity contribution in [3.8, 4) is 5.75 Å². The number of anilines is 1. The Bertz CT molecular complexity index is 924. The minimum absolute atomic E-state index is 0.0801. The Labute approximate surface area is 138 Å². The van der Waals surface area contributed by atoms with Crippen LogP contribution in [0.3, 0.4) is 0 Å². The molecule has 0 unspecified atom stereocenters. The van der Waals surface area contributed by atoms with E-state index in [9.17, 15) is 9.59 Å². The number of nitrogens with one attached hydrogen (secondary N) is 3. The van der Waals surface area contributed by atoms with Gasteiger partial charge in [-0.1, -0.05) is 26.0 Å². The maximum absolute atomic E-state index is 12.0. The monoisotopic (exact) mass is 325 g/mol. The molecular weight excluding hydrogens is 306 g/mol. The van der Waals surface area contributed by atoms with E-state index in [-0.39, 0.29) is 18.2 Å². The summed E-state index contributed by atoms with van der Waals surface area (Å²) in [4.78, 5) is 28.6. The predicted molar refractivity (Wildman–Crippen MR) is 93.6 cm³/mol. The van der Waals surface area contributed by atoms with Crippen molar-refractivity contribution in [2.24, 2.45) is 0 Å². The van der Waals surface area contributed by atoms with Crippen molar-refractivity contribution in [3.05, 3.63) is 58.5 Å². The summed E-state index contributed by atoms with van der Waals surface area (Å²) in [6.45, 7) is 4.13. The third kappa shape index (κ3) is 3.65. The van der Waals surface area contributed by atoms with Crippen LogP contribution in [0, 0.1) is 0 Å². The van der Waals surface area contributed by atoms with Crippen LogP contribution in [-0.2, 0) is 4.79 Å². The Balaban J connectivity index is 1.62. The summed E-state index contributed by atoms with van der Waals surface area (Å²) < 4.78 is 5.55. The number of H-pyrrole nitrogens is 2. The summed E-state index contributed by atoms with van der Waals surface area (Å²) in [7, 11) is 0. The van der Waals surface area contributed by atoms with Gasteiger partial charge in [-0.05, 0) is 41.8 Å².